The van der Waals surface area contributed by atoms with Gasteiger partial charge in [-0.1, -0.05) is 23.4 Å². The van der Waals surface area contributed by atoms with Crippen molar-refractivity contribution in [2.45, 2.75) is 17.2 Å². The molecule has 0 fully saturated rings. The van der Waals surface area contributed by atoms with E-state index in [1.54, 1.807) is 0 Å². The van der Waals surface area contributed by atoms with Crippen LogP contribution in [0, 0.1) is 5.82 Å². The lowest BCUT2D eigenvalue weighted by molar-refractivity contribution is -0.155. The van der Waals surface area contributed by atoms with Crippen LogP contribution in [0.1, 0.15) is 11.3 Å². The van der Waals surface area contributed by atoms with E-state index in [1.165, 1.54) is 0 Å². The molecular formula is C17H9F7N2O3S. The van der Waals surface area contributed by atoms with Crippen LogP contribution < -0.4 is 5.14 Å². The van der Waals surface area contributed by atoms with Crippen LogP contribution in [0.3, 0.4) is 0 Å². The fourth-order valence-corrected chi connectivity index (χ4v) is 3.24. The van der Waals surface area contributed by atoms with E-state index < -0.39 is 61.2 Å². The normalized spacial score (nSPS) is 12.9. The molecule has 3 rings (SSSR count). The topological polar surface area (TPSA) is 86.2 Å². The maximum absolute atomic E-state index is 14.2. The third-order valence-electron chi connectivity index (χ3n) is 3.96. The van der Waals surface area contributed by atoms with Crippen molar-refractivity contribution < 1.29 is 43.7 Å². The molecule has 13 heteroatoms. The lowest BCUT2D eigenvalue weighted by Crippen LogP contribution is -2.14. The van der Waals surface area contributed by atoms with Crippen molar-refractivity contribution in [2.75, 3.05) is 0 Å². The molecule has 5 nitrogen and oxygen atoms in total. The number of rotatable bonds is 3. The van der Waals surface area contributed by atoms with Crippen LogP contribution in [-0.2, 0) is 22.4 Å². The third kappa shape index (κ3) is 4.16. The number of aromatic nitrogens is 1. The van der Waals surface area contributed by atoms with E-state index >= 15 is 0 Å². The monoisotopic (exact) mass is 454 g/mol. The molecule has 1 heterocycles. The van der Waals surface area contributed by atoms with E-state index in [0.717, 1.165) is 18.2 Å². The van der Waals surface area contributed by atoms with Crippen molar-refractivity contribution in [3.05, 3.63) is 59.6 Å². The molecule has 0 amide bonds. The van der Waals surface area contributed by atoms with Crippen molar-refractivity contribution >= 4 is 10.0 Å². The van der Waals surface area contributed by atoms with Gasteiger partial charge in [-0.2, -0.15) is 26.3 Å². The Morgan fingerprint density at radius 2 is 1.43 bits per heavy atom. The molecular weight excluding hydrogens is 445 g/mol. The van der Waals surface area contributed by atoms with Crippen LogP contribution >= 0.6 is 0 Å². The molecule has 0 aliphatic heterocycles. The first kappa shape index (κ1) is 21.8. The summed E-state index contributed by atoms with van der Waals surface area (Å²) in [5, 5.41) is 8.11. The summed E-state index contributed by atoms with van der Waals surface area (Å²) in [4.78, 5) is -0.952. The van der Waals surface area contributed by atoms with Gasteiger partial charge in [0.1, 0.15) is 16.4 Å². The summed E-state index contributed by atoms with van der Waals surface area (Å²) in [7, 11) is -4.48. The number of nitrogens with two attached hydrogens (primary N) is 1. The Hall–Kier alpha value is -2.93. The largest absolute Gasteiger partial charge is 0.453 e. The summed E-state index contributed by atoms with van der Waals surface area (Å²) in [6.45, 7) is 0. The summed E-state index contributed by atoms with van der Waals surface area (Å²) in [5.74, 6) is -3.07. The van der Waals surface area contributed by atoms with Gasteiger partial charge >= 0.3 is 12.4 Å². The van der Waals surface area contributed by atoms with Crippen molar-refractivity contribution in [2.24, 2.45) is 5.14 Å². The molecule has 0 aliphatic rings. The lowest BCUT2D eigenvalue weighted by atomic mass is 9.98. The molecule has 160 valence electrons. The number of halogens is 7. The minimum Gasteiger partial charge on any atom is -0.350 e. The molecule has 0 bridgehead atoms. The minimum atomic E-state index is -5.08. The molecule has 2 aromatic carbocycles. The van der Waals surface area contributed by atoms with Gasteiger partial charge in [0.15, 0.2) is 0 Å². The van der Waals surface area contributed by atoms with E-state index in [1.807, 2.05) is 0 Å². The second-order valence-electron chi connectivity index (χ2n) is 6.00. The SMILES string of the molecule is NS(=O)(=O)c1ccc(-c2c(-c3ccc(C(F)(F)F)cc3)noc2C(F)(F)F)cc1F. The van der Waals surface area contributed by atoms with Gasteiger partial charge in [-0.15, -0.1) is 0 Å². The smallest absolute Gasteiger partial charge is 0.350 e. The maximum Gasteiger partial charge on any atom is 0.453 e. The molecule has 30 heavy (non-hydrogen) atoms. The number of alkyl halides is 6. The summed E-state index contributed by atoms with van der Waals surface area (Å²) in [6, 6.07) is 4.99. The third-order valence-corrected chi connectivity index (χ3v) is 4.91. The van der Waals surface area contributed by atoms with E-state index in [9.17, 15) is 39.2 Å². The van der Waals surface area contributed by atoms with Crippen LogP contribution in [-0.4, -0.2) is 13.6 Å². The van der Waals surface area contributed by atoms with Gasteiger partial charge in [0.05, 0.1) is 11.1 Å². The highest BCUT2D eigenvalue weighted by molar-refractivity contribution is 7.89. The molecule has 0 radical (unpaired) electrons. The van der Waals surface area contributed by atoms with Crippen LogP contribution in [0.2, 0.25) is 0 Å². The van der Waals surface area contributed by atoms with Crippen molar-refractivity contribution in [3.63, 3.8) is 0 Å². The highest BCUT2D eigenvalue weighted by Gasteiger charge is 2.41. The average Bonchev–Trinajstić information content (AvgIpc) is 3.05. The van der Waals surface area contributed by atoms with Gasteiger partial charge in [0.2, 0.25) is 15.8 Å². The first-order chi connectivity index (χ1) is 13.7. The Bertz CT molecular complexity index is 1200. The van der Waals surface area contributed by atoms with Gasteiger partial charge < -0.3 is 4.52 Å². The Morgan fingerprint density at radius 3 is 1.90 bits per heavy atom. The number of sulfonamides is 1. The molecule has 0 atom stereocenters. The predicted octanol–water partition coefficient (Wildman–Crippen LogP) is 4.83. The van der Waals surface area contributed by atoms with E-state index in [0.29, 0.717) is 24.3 Å². The molecule has 0 saturated heterocycles. The predicted molar refractivity (Wildman–Crippen MR) is 88.7 cm³/mol. The molecule has 0 spiro atoms. The summed E-state index contributed by atoms with van der Waals surface area (Å²) in [6.07, 6.45) is -9.75. The first-order valence-corrected chi connectivity index (χ1v) is 9.31. The molecule has 1 aromatic heterocycles. The zero-order chi connectivity index (χ0) is 22.5. The van der Waals surface area contributed by atoms with Gasteiger partial charge in [0, 0.05) is 5.56 Å². The average molecular weight is 454 g/mol. The van der Waals surface area contributed by atoms with E-state index in [-0.39, 0.29) is 5.56 Å². The summed E-state index contributed by atoms with van der Waals surface area (Å²) < 4.78 is 119. The number of nitrogens with zero attached hydrogens (tertiary/aromatic N) is 1. The number of hydrogen-bond acceptors (Lipinski definition) is 4. The number of primary sulfonamides is 1. The van der Waals surface area contributed by atoms with Crippen molar-refractivity contribution in [1.82, 2.24) is 5.16 Å². The molecule has 3 aromatic rings. The zero-order valence-corrected chi connectivity index (χ0v) is 15.2. The number of hydrogen-bond donors (Lipinski definition) is 1. The number of benzene rings is 2. The molecule has 0 saturated carbocycles. The summed E-state index contributed by atoms with van der Waals surface area (Å²) >= 11 is 0. The second-order valence-corrected chi connectivity index (χ2v) is 7.53. The summed E-state index contributed by atoms with van der Waals surface area (Å²) in [5.41, 5.74) is -2.98. The highest BCUT2D eigenvalue weighted by atomic mass is 32.2. The highest BCUT2D eigenvalue weighted by Crippen LogP contribution is 2.43. The van der Waals surface area contributed by atoms with Gasteiger partial charge in [0.25, 0.3) is 0 Å². The Morgan fingerprint density at radius 1 is 0.867 bits per heavy atom. The fraction of sp³-hybridized carbons (Fsp3) is 0.118. The van der Waals surface area contributed by atoms with E-state index in [2.05, 4.69) is 9.68 Å². The Balaban J connectivity index is 2.21. The Labute approximate surface area is 164 Å². The van der Waals surface area contributed by atoms with Crippen LogP contribution in [0.15, 0.2) is 51.9 Å². The van der Waals surface area contributed by atoms with Crippen LogP contribution in [0.4, 0.5) is 30.7 Å². The first-order valence-electron chi connectivity index (χ1n) is 7.77. The van der Waals surface area contributed by atoms with Crippen molar-refractivity contribution in [1.29, 1.82) is 0 Å². The maximum atomic E-state index is 14.2. The second kappa shape index (κ2) is 7.09. The molecule has 0 unspecified atom stereocenters. The molecule has 0 aliphatic carbocycles. The quantitative estimate of drug-likeness (QED) is 0.575. The standard InChI is InChI=1S/C17H9F7N2O3S/c18-11-7-9(3-6-12(11)30(25,27)28)13-14(26-29-15(13)17(22,23)24)8-1-4-10(5-2-8)16(19,20)21/h1-7H,(H2,25,27,28). The van der Waals surface area contributed by atoms with Gasteiger partial charge in [-0.05, 0) is 29.8 Å². The zero-order valence-electron chi connectivity index (χ0n) is 14.3. The van der Waals surface area contributed by atoms with E-state index in [4.69, 9.17) is 5.14 Å². The lowest BCUT2D eigenvalue weighted by Gasteiger charge is -2.10. The van der Waals surface area contributed by atoms with Gasteiger partial charge in [-0.3, -0.25) is 0 Å². The minimum absolute atomic E-state index is 0.173. The van der Waals surface area contributed by atoms with Gasteiger partial charge in [-0.25, -0.2) is 17.9 Å². The van der Waals surface area contributed by atoms with Crippen LogP contribution in [0.5, 0.6) is 0 Å². The van der Waals surface area contributed by atoms with Crippen molar-refractivity contribution in [3.8, 4) is 22.4 Å². The Kier molecular flexibility index (Phi) is 5.15. The fourth-order valence-electron chi connectivity index (χ4n) is 2.65. The molecule has 2 N–H and O–H groups in total. The van der Waals surface area contributed by atoms with Crippen LogP contribution in [0.25, 0.3) is 22.4 Å².